The molecule has 88 valence electrons. The first kappa shape index (κ1) is 10.7. The zero-order valence-corrected chi connectivity index (χ0v) is 10.1. The van der Waals surface area contributed by atoms with Gasteiger partial charge in [0, 0.05) is 11.1 Å². The highest BCUT2D eigenvalue weighted by molar-refractivity contribution is 5.79. The Morgan fingerprint density at radius 1 is 1.18 bits per heavy atom. The fourth-order valence-corrected chi connectivity index (χ4v) is 2.76. The average Bonchev–Trinajstić information content (AvgIpc) is 2.75. The number of benzene rings is 1. The van der Waals surface area contributed by atoms with Crippen LogP contribution in [0.5, 0.6) is 0 Å². The molecule has 0 saturated heterocycles. The molecule has 2 atom stereocenters. The maximum Gasteiger partial charge on any atom is 0.0705 e. The summed E-state index contributed by atoms with van der Waals surface area (Å²) in [7, 11) is 0. The molecule has 1 aromatic heterocycles. The molecule has 2 aromatic rings. The van der Waals surface area contributed by atoms with Crippen LogP contribution in [0, 0.1) is 6.92 Å². The van der Waals surface area contributed by atoms with Crippen molar-refractivity contribution in [2.45, 2.75) is 38.2 Å². The van der Waals surface area contributed by atoms with Crippen LogP contribution >= 0.6 is 0 Å². The van der Waals surface area contributed by atoms with Gasteiger partial charge in [-0.15, -0.1) is 0 Å². The Kier molecular flexibility index (Phi) is 2.60. The van der Waals surface area contributed by atoms with Crippen molar-refractivity contribution in [3.63, 3.8) is 0 Å². The topological polar surface area (TPSA) is 33.1 Å². The van der Waals surface area contributed by atoms with Gasteiger partial charge in [-0.2, -0.15) is 0 Å². The second-order valence-corrected chi connectivity index (χ2v) is 5.07. The molecule has 0 radical (unpaired) electrons. The summed E-state index contributed by atoms with van der Waals surface area (Å²) in [6.45, 7) is 2.01. The summed E-state index contributed by atoms with van der Waals surface area (Å²) >= 11 is 0. The molecule has 2 nitrogen and oxygen atoms in total. The van der Waals surface area contributed by atoms with Gasteiger partial charge in [0.15, 0.2) is 0 Å². The number of rotatable bonds is 1. The van der Waals surface area contributed by atoms with Crippen molar-refractivity contribution in [2.24, 2.45) is 0 Å². The number of nitrogens with zero attached hydrogens (tertiary/aromatic N) is 1. The van der Waals surface area contributed by atoms with Crippen LogP contribution in [0.4, 0.5) is 0 Å². The normalized spacial score (nSPS) is 24.4. The van der Waals surface area contributed by atoms with Gasteiger partial charge in [-0.1, -0.05) is 12.1 Å². The predicted molar refractivity (Wildman–Crippen MR) is 69.1 cm³/mol. The van der Waals surface area contributed by atoms with E-state index < -0.39 is 0 Å². The zero-order valence-electron chi connectivity index (χ0n) is 10.1. The van der Waals surface area contributed by atoms with E-state index in [-0.39, 0.29) is 6.10 Å². The van der Waals surface area contributed by atoms with Gasteiger partial charge in [0.1, 0.15) is 0 Å². The summed E-state index contributed by atoms with van der Waals surface area (Å²) in [4.78, 5) is 4.51. The Bertz CT molecular complexity index is 550. The smallest absolute Gasteiger partial charge is 0.0705 e. The SMILES string of the molecule is Cc1ccc2cc(C3CCC(O)C3)ccc2n1. The zero-order chi connectivity index (χ0) is 11.8. The van der Waals surface area contributed by atoms with E-state index in [4.69, 9.17) is 0 Å². The van der Waals surface area contributed by atoms with Crippen LogP contribution < -0.4 is 0 Å². The summed E-state index contributed by atoms with van der Waals surface area (Å²) in [6, 6.07) is 10.7. The third kappa shape index (κ3) is 2.05. The Labute approximate surface area is 101 Å². The van der Waals surface area contributed by atoms with Gasteiger partial charge in [0.2, 0.25) is 0 Å². The largest absolute Gasteiger partial charge is 0.393 e. The Morgan fingerprint density at radius 3 is 2.82 bits per heavy atom. The van der Waals surface area contributed by atoms with Crippen LogP contribution in [0.15, 0.2) is 30.3 Å². The van der Waals surface area contributed by atoms with Crippen LogP contribution in [0.3, 0.4) is 0 Å². The van der Waals surface area contributed by atoms with E-state index >= 15 is 0 Å². The van der Waals surface area contributed by atoms with Crippen molar-refractivity contribution >= 4 is 10.9 Å². The summed E-state index contributed by atoms with van der Waals surface area (Å²) in [5.74, 6) is 0.524. The summed E-state index contributed by atoms with van der Waals surface area (Å²) in [5.41, 5.74) is 3.47. The number of aliphatic hydroxyl groups is 1. The van der Waals surface area contributed by atoms with E-state index in [0.717, 1.165) is 30.5 Å². The molecule has 2 unspecified atom stereocenters. The van der Waals surface area contributed by atoms with E-state index in [9.17, 15) is 5.11 Å². The predicted octanol–water partition coefficient (Wildman–Crippen LogP) is 3.17. The molecule has 0 spiro atoms. The highest BCUT2D eigenvalue weighted by Gasteiger charge is 2.24. The van der Waals surface area contributed by atoms with Gasteiger partial charge in [-0.3, -0.25) is 4.98 Å². The first-order valence-corrected chi connectivity index (χ1v) is 6.28. The molecule has 1 aliphatic rings. The van der Waals surface area contributed by atoms with Crippen molar-refractivity contribution in [3.05, 3.63) is 41.6 Å². The number of hydrogen-bond acceptors (Lipinski definition) is 2. The van der Waals surface area contributed by atoms with Crippen LogP contribution in [0.2, 0.25) is 0 Å². The maximum atomic E-state index is 9.60. The molecule has 1 aromatic carbocycles. The summed E-state index contributed by atoms with van der Waals surface area (Å²) in [6.07, 6.45) is 2.85. The van der Waals surface area contributed by atoms with Crippen LogP contribution in [0.1, 0.15) is 36.4 Å². The summed E-state index contributed by atoms with van der Waals surface area (Å²) < 4.78 is 0. The molecular formula is C15H17NO. The van der Waals surface area contributed by atoms with E-state index in [1.54, 1.807) is 0 Å². The molecule has 0 aliphatic heterocycles. The van der Waals surface area contributed by atoms with Crippen molar-refractivity contribution in [1.82, 2.24) is 4.98 Å². The van der Waals surface area contributed by atoms with E-state index in [1.165, 1.54) is 10.9 Å². The fraction of sp³-hybridized carbons (Fsp3) is 0.400. The van der Waals surface area contributed by atoms with Crippen molar-refractivity contribution < 1.29 is 5.11 Å². The molecule has 0 bridgehead atoms. The minimum absolute atomic E-state index is 0.105. The first-order valence-electron chi connectivity index (χ1n) is 6.28. The number of pyridine rings is 1. The Balaban J connectivity index is 1.99. The molecule has 3 rings (SSSR count). The molecule has 0 amide bonds. The van der Waals surface area contributed by atoms with Crippen molar-refractivity contribution in [1.29, 1.82) is 0 Å². The lowest BCUT2D eigenvalue weighted by atomic mass is 9.96. The third-order valence-electron chi connectivity index (χ3n) is 3.73. The second kappa shape index (κ2) is 4.11. The summed E-state index contributed by atoms with van der Waals surface area (Å²) in [5, 5.41) is 10.8. The monoisotopic (exact) mass is 227 g/mol. The minimum Gasteiger partial charge on any atom is -0.393 e. The number of aryl methyl sites for hydroxylation is 1. The number of aliphatic hydroxyl groups excluding tert-OH is 1. The number of hydrogen-bond donors (Lipinski definition) is 1. The fourth-order valence-electron chi connectivity index (χ4n) is 2.76. The van der Waals surface area contributed by atoms with Crippen molar-refractivity contribution in [3.8, 4) is 0 Å². The van der Waals surface area contributed by atoms with Gasteiger partial charge in [-0.25, -0.2) is 0 Å². The molecule has 1 fully saturated rings. The lowest BCUT2D eigenvalue weighted by Gasteiger charge is -2.10. The molecule has 1 saturated carbocycles. The quantitative estimate of drug-likeness (QED) is 0.811. The van der Waals surface area contributed by atoms with Gasteiger partial charge < -0.3 is 5.11 Å². The molecule has 1 N–H and O–H groups in total. The van der Waals surface area contributed by atoms with Gasteiger partial charge >= 0.3 is 0 Å². The van der Waals surface area contributed by atoms with E-state index in [1.807, 2.05) is 6.92 Å². The minimum atomic E-state index is -0.105. The molecular weight excluding hydrogens is 210 g/mol. The Morgan fingerprint density at radius 2 is 2.06 bits per heavy atom. The highest BCUT2D eigenvalue weighted by Crippen LogP contribution is 2.35. The molecule has 17 heavy (non-hydrogen) atoms. The van der Waals surface area contributed by atoms with Crippen LogP contribution in [0.25, 0.3) is 10.9 Å². The third-order valence-corrected chi connectivity index (χ3v) is 3.73. The first-order chi connectivity index (χ1) is 8.22. The standard InChI is InChI=1S/C15H17NO/c1-10-2-3-13-8-11(5-7-15(13)16-10)12-4-6-14(17)9-12/h2-3,5,7-8,12,14,17H,4,6,9H2,1H3. The van der Waals surface area contributed by atoms with E-state index in [2.05, 4.69) is 35.3 Å². The van der Waals surface area contributed by atoms with Gasteiger partial charge in [-0.05, 0) is 55.9 Å². The van der Waals surface area contributed by atoms with E-state index in [0.29, 0.717) is 5.92 Å². The number of aromatic nitrogens is 1. The van der Waals surface area contributed by atoms with Gasteiger partial charge in [0.25, 0.3) is 0 Å². The molecule has 1 aliphatic carbocycles. The highest BCUT2D eigenvalue weighted by atomic mass is 16.3. The van der Waals surface area contributed by atoms with Gasteiger partial charge in [0.05, 0.1) is 11.6 Å². The lowest BCUT2D eigenvalue weighted by molar-refractivity contribution is 0.181. The second-order valence-electron chi connectivity index (χ2n) is 5.07. The molecule has 1 heterocycles. The number of fused-ring (bicyclic) bond motifs is 1. The maximum absolute atomic E-state index is 9.60. The molecule has 2 heteroatoms. The van der Waals surface area contributed by atoms with Crippen LogP contribution in [-0.4, -0.2) is 16.2 Å². The Hall–Kier alpha value is -1.41. The average molecular weight is 227 g/mol. The van der Waals surface area contributed by atoms with Crippen LogP contribution in [-0.2, 0) is 0 Å². The van der Waals surface area contributed by atoms with Crippen molar-refractivity contribution in [2.75, 3.05) is 0 Å². The lowest BCUT2D eigenvalue weighted by Crippen LogP contribution is -1.99.